The largest absolute Gasteiger partial charge is 0.456 e. The number of furan rings is 1. The summed E-state index contributed by atoms with van der Waals surface area (Å²) in [6.45, 7) is 16.8. The molecule has 0 fully saturated rings. The molecule has 1 heterocycles. The van der Waals surface area contributed by atoms with E-state index in [1.165, 1.54) is 6.08 Å². The second kappa shape index (κ2) is 8.59. The molecule has 0 atom stereocenters. The predicted octanol–water partition coefficient (Wildman–Crippen LogP) is 6.21. The third-order valence-electron chi connectivity index (χ3n) is 2.08. The molecule has 0 unspecified atom stereocenters. The van der Waals surface area contributed by atoms with E-state index in [-0.39, 0.29) is 12.1 Å². The summed E-state index contributed by atoms with van der Waals surface area (Å²) < 4.78 is 18.1. The topological polar surface area (TPSA) is 13.1 Å². The Morgan fingerprint density at radius 3 is 2.17 bits per heavy atom. The van der Waals surface area contributed by atoms with Crippen molar-refractivity contribution in [1.29, 1.82) is 0 Å². The van der Waals surface area contributed by atoms with Gasteiger partial charge in [-0.15, -0.1) is 0 Å². The Morgan fingerprint density at radius 1 is 1.22 bits per heavy atom. The Balaban J connectivity index is 0.00000137. The third-order valence-corrected chi connectivity index (χ3v) is 2.47. The fourth-order valence-corrected chi connectivity index (χ4v) is 1.72. The molecule has 0 aromatic carbocycles. The summed E-state index contributed by atoms with van der Waals surface area (Å²) in [5.41, 5.74) is 1.41. The lowest BCUT2D eigenvalue weighted by Gasteiger charge is -1.99. The van der Waals surface area contributed by atoms with Gasteiger partial charge in [-0.25, -0.2) is 0 Å². The minimum atomic E-state index is 0.101. The monoisotopic (exact) mass is 266 g/mol. The minimum Gasteiger partial charge on any atom is -0.456 e. The van der Waals surface area contributed by atoms with Crippen LogP contribution in [0.1, 0.15) is 43.4 Å². The fourth-order valence-electron chi connectivity index (χ4n) is 1.43. The quantitative estimate of drug-likeness (QED) is 0.628. The van der Waals surface area contributed by atoms with Crippen LogP contribution in [0.3, 0.4) is 0 Å². The number of hydrogen-bond acceptors (Lipinski definition) is 2. The molecule has 0 saturated carbocycles. The van der Waals surface area contributed by atoms with Crippen LogP contribution >= 0.6 is 12.1 Å². The molecule has 0 aliphatic carbocycles. The standard InChI is InChI=1S/C13H13FOS.C2H6/c1-5-8-10-11(6-2)15-12(7-3)13(10)9(4)16-14;1-2/h5-8H,2-4H2,1H3;1-2H3/b8-5-;. The summed E-state index contributed by atoms with van der Waals surface area (Å²) in [5, 5.41) is 0. The van der Waals surface area contributed by atoms with Gasteiger partial charge in [-0.05, 0) is 19.1 Å². The SMILES string of the molecule is C=Cc1oc(C=C)c(C(=C)SF)c1/C=C\C.CC. The molecule has 0 aliphatic heterocycles. The van der Waals surface area contributed by atoms with Crippen LogP contribution in [0.15, 0.2) is 30.2 Å². The number of halogens is 1. The Morgan fingerprint density at radius 2 is 1.78 bits per heavy atom. The van der Waals surface area contributed by atoms with E-state index in [0.29, 0.717) is 22.0 Å². The van der Waals surface area contributed by atoms with Gasteiger partial charge in [0.1, 0.15) is 11.5 Å². The van der Waals surface area contributed by atoms with Gasteiger partial charge in [-0.3, -0.25) is 0 Å². The zero-order valence-corrected chi connectivity index (χ0v) is 11.9. The first-order valence-corrected chi connectivity index (χ1v) is 6.43. The molecule has 3 heteroatoms. The predicted molar refractivity (Wildman–Crippen MR) is 82.7 cm³/mol. The highest BCUT2D eigenvalue weighted by Gasteiger charge is 2.17. The lowest BCUT2D eigenvalue weighted by atomic mass is 10.1. The van der Waals surface area contributed by atoms with E-state index < -0.39 is 0 Å². The summed E-state index contributed by atoms with van der Waals surface area (Å²) in [6.07, 6.45) is 6.81. The van der Waals surface area contributed by atoms with E-state index in [0.717, 1.165) is 5.56 Å². The van der Waals surface area contributed by atoms with Crippen LogP contribution in [-0.2, 0) is 0 Å². The molecule has 0 spiro atoms. The van der Waals surface area contributed by atoms with Gasteiger partial charge in [0, 0.05) is 16.0 Å². The molecule has 18 heavy (non-hydrogen) atoms. The normalized spacial score (nSPS) is 9.78. The zero-order valence-electron chi connectivity index (χ0n) is 11.1. The van der Waals surface area contributed by atoms with Crippen LogP contribution < -0.4 is 0 Å². The maximum atomic E-state index is 12.6. The lowest BCUT2D eigenvalue weighted by molar-refractivity contribution is 0.546. The van der Waals surface area contributed by atoms with Gasteiger partial charge in [0.2, 0.25) is 0 Å². The van der Waals surface area contributed by atoms with Gasteiger partial charge in [-0.2, -0.15) is 3.89 Å². The maximum Gasteiger partial charge on any atom is 0.136 e. The van der Waals surface area contributed by atoms with Crippen molar-refractivity contribution in [2.75, 3.05) is 0 Å². The molecule has 98 valence electrons. The van der Waals surface area contributed by atoms with Gasteiger partial charge >= 0.3 is 0 Å². The Labute approximate surface area is 113 Å². The molecule has 1 aromatic rings. The average Bonchev–Trinajstić information content (AvgIpc) is 2.78. The van der Waals surface area contributed by atoms with Gasteiger partial charge in [0.05, 0.1) is 12.1 Å². The maximum absolute atomic E-state index is 12.6. The van der Waals surface area contributed by atoms with Crippen molar-refractivity contribution >= 4 is 35.3 Å². The smallest absolute Gasteiger partial charge is 0.136 e. The third kappa shape index (κ3) is 3.50. The highest BCUT2D eigenvalue weighted by atomic mass is 32.2. The zero-order chi connectivity index (χ0) is 14.1. The van der Waals surface area contributed by atoms with Crippen molar-refractivity contribution in [1.82, 2.24) is 0 Å². The van der Waals surface area contributed by atoms with Crippen LogP contribution in [0.4, 0.5) is 3.89 Å². The Bertz CT molecular complexity index is 455. The highest BCUT2D eigenvalue weighted by Crippen LogP contribution is 2.37. The molecule has 1 aromatic heterocycles. The average molecular weight is 266 g/mol. The summed E-state index contributed by atoms with van der Waals surface area (Å²) in [4.78, 5) is 0.305. The van der Waals surface area contributed by atoms with E-state index in [2.05, 4.69) is 19.7 Å². The van der Waals surface area contributed by atoms with Crippen LogP contribution in [0.5, 0.6) is 0 Å². The van der Waals surface area contributed by atoms with Crippen molar-refractivity contribution in [3.63, 3.8) is 0 Å². The molecule has 0 radical (unpaired) electrons. The molecular formula is C15H19FOS. The molecule has 1 rings (SSSR count). The van der Waals surface area contributed by atoms with Crippen molar-refractivity contribution in [2.24, 2.45) is 0 Å². The molecule has 1 nitrogen and oxygen atoms in total. The van der Waals surface area contributed by atoms with Gasteiger partial charge < -0.3 is 4.42 Å². The molecule has 0 bridgehead atoms. The molecule has 0 aliphatic rings. The van der Waals surface area contributed by atoms with E-state index in [1.807, 2.05) is 32.9 Å². The summed E-state index contributed by atoms with van der Waals surface area (Å²) in [5.74, 6) is 1.11. The summed E-state index contributed by atoms with van der Waals surface area (Å²) >= 11 is 0.101. The Hall–Kier alpha value is -1.48. The van der Waals surface area contributed by atoms with Crippen molar-refractivity contribution in [3.05, 3.63) is 48.5 Å². The summed E-state index contributed by atoms with van der Waals surface area (Å²) in [7, 11) is 0. The molecule has 0 N–H and O–H groups in total. The highest BCUT2D eigenvalue weighted by molar-refractivity contribution is 8.03. The van der Waals surface area contributed by atoms with Crippen molar-refractivity contribution in [3.8, 4) is 0 Å². The van der Waals surface area contributed by atoms with Gasteiger partial charge in [0.25, 0.3) is 0 Å². The molecule has 0 amide bonds. The van der Waals surface area contributed by atoms with E-state index in [4.69, 9.17) is 4.42 Å². The van der Waals surface area contributed by atoms with E-state index >= 15 is 0 Å². The number of hydrogen-bond donors (Lipinski definition) is 0. The summed E-state index contributed by atoms with van der Waals surface area (Å²) in [6, 6.07) is 0. The number of allylic oxidation sites excluding steroid dienone is 1. The van der Waals surface area contributed by atoms with Crippen LogP contribution in [0, 0.1) is 0 Å². The Kier molecular flexibility index (Phi) is 7.88. The van der Waals surface area contributed by atoms with Gasteiger partial charge in [0.15, 0.2) is 0 Å². The first kappa shape index (κ1) is 16.5. The lowest BCUT2D eigenvalue weighted by Crippen LogP contribution is -1.82. The van der Waals surface area contributed by atoms with E-state index in [1.54, 1.807) is 6.08 Å². The second-order valence-corrected chi connectivity index (χ2v) is 3.67. The van der Waals surface area contributed by atoms with Crippen LogP contribution in [0.25, 0.3) is 23.1 Å². The van der Waals surface area contributed by atoms with Crippen LogP contribution in [0.2, 0.25) is 0 Å². The minimum absolute atomic E-state index is 0.101. The second-order valence-electron chi connectivity index (χ2n) is 3.03. The van der Waals surface area contributed by atoms with Crippen LogP contribution in [-0.4, -0.2) is 0 Å². The molecular weight excluding hydrogens is 247 g/mol. The fraction of sp³-hybridized carbons (Fsp3) is 0.200. The number of rotatable bonds is 5. The van der Waals surface area contributed by atoms with Gasteiger partial charge in [-0.1, -0.05) is 45.7 Å². The molecule has 0 saturated heterocycles. The first-order chi connectivity index (χ1) is 8.69. The van der Waals surface area contributed by atoms with Crippen molar-refractivity contribution < 1.29 is 8.30 Å². The first-order valence-electron chi connectivity index (χ1n) is 5.71. The van der Waals surface area contributed by atoms with Crippen molar-refractivity contribution in [2.45, 2.75) is 20.8 Å². The van der Waals surface area contributed by atoms with E-state index in [9.17, 15) is 3.89 Å².